The summed E-state index contributed by atoms with van der Waals surface area (Å²) in [6.45, 7) is -0.149. The average Bonchev–Trinajstić information content (AvgIpc) is 3.21. The van der Waals surface area contributed by atoms with Crippen molar-refractivity contribution in [1.29, 1.82) is 0 Å². The number of aliphatic hydroxyl groups is 1. The van der Waals surface area contributed by atoms with Gasteiger partial charge in [-0.1, -0.05) is 30.3 Å². The summed E-state index contributed by atoms with van der Waals surface area (Å²) in [6, 6.07) is 13.3. The highest BCUT2D eigenvalue weighted by Crippen LogP contribution is 2.28. The zero-order valence-electron chi connectivity index (χ0n) is 13.1. The first kappa shape index (κ1) is 16.6. The number of β-amino-alcohol motifs (C(OH)–C–C–N with tert-alkyl or cyclic N) is 1. The molecule has 6 heteroatoms. The quantitative estimate of drug-likeness (QED) is 0.913. The molecule has 0 spiro atoms. The van der Waals surface area contributed by atoms with Crippen molar-refractivity contribution >= 4 is 5.91 Å². The molecule has 0 bridgehead atoms. The van der Waals surface area contributed by atoms with Crippen LogP contribution in [0.4, 0.5) is 8.78 Å². The fourth-order valence-electron chi connectivity index (χ4n) is 2.87. The number of carbonyl (C=O) groups excluding carboxylic acids is 1. The summed E-state index contributed by atoms with van der Waals surface area (Å²) in [4.78, 5) is 13.4. The third kappa shape index (κ3) is 3.48. The fraction of sp³-hybridized carbons (Fsp3) is 0.389. The lowest BCUT2D eigenvalue weighted by molar-refractivity contribution is -0.133. The Kier molecular flexibility index (Phi) is 4.66. The minimum absolute atomic E-state index is 0.0880. The van der Waals surface area contributed by atoms with Crippen LogP contribution in [0.25, 0.3) is 11.3 Å². The zero-order chi connectivity index (χ0) is 17.2. The first-order chi connectivity index (χ1) is 11.5. The predicted molar refractivity (Wildman–Crippen MR) is 84.6 cm³/mol. The Labute approximate surface area is 138 Å². The zero-order valence-corrected chi connectivity index (χ0v) is 13.1. The van der Waals surface area contributed by atoms with Crippen molar-refractivity contribution in [2.24, 2.45) is 0 Å². The third-order valence-electron chi connectivity index (χ3n) is 4.34. The largest absolute Gasteiger partial charge is 0.461 e. The Morgan fingerprint density at radius 3 is 2.67 bits per heavy atom. The number of likely N-dealkylation sites (tertiary alicyclic amines) is 1. The van der Waals surface area contributed by atoms with Gasteiger partial charge in [-0.2, -0.15) is 0 Å². The van der Waals surface area contributed by atoms with E-state index < -0.39 is 12.0 Å². The van der Waals surface area contributed by atoms with Crippen LogP contribution in [0.15, 0.2) is 46.9 Å². The number of halogens is 2. The first-order valence-corrected chi connectivity index (χ1v) is 7.90. The number of hydrogen-bond donors (Lipinski definition) is 1. The molecule has 0 saturated carbocycles. The van der Waals surface area contributed by atoms with Crippen molar-refractivity contribution < 1.29 is 23.1 Å². The number of rotatable bonds is 5. The van der Waals surface area contributed by atoms with E-state index >= 15 is 0 Å². The number of aryl methyl sites for hydroxylation is 1. The topological polar surface area (TPSA) is 53.7 Å². The predicted octanol–water partition coefficient (Wildman–Crippen LogP) is 3.11. The molecule has 3 rings (SSSR count). The average molecular weight is 335 g/mol. The van der Waals surface area contributed by atoms with Gasteiger partial charge in [0.05, 0.1) is 6.54 Å². The molecule has 1 atom stereocenters. The van der Waals surface area contributed by atoms with Crippen LogP contribution in [0.3, 0.4) is 0 Å². The Balaban J connectivity index is 1.55. The lowest BCUT2D eigenvalue weighted by atomic mass is 10.1. The van der Waals surface area contributed by atoms with Crippen molar-refractivity contribution in [2.75, 3.05) is 13.1 Å². The fourth-order valence-corrected chi connectivity index (χ4v) is 2.87. The maximum absolute atomic E-state index is 12.8. The number of benzene rings is 1. The smallest absolute Gasteiger partial charge is 0.268 e. The molecule has 1 N–H and O–H groups in total. The molecular weight excluding hydrogens is 316 g/mol. The molecule has 4 nitrogen and oxygen atoms in total. The van der Waals surface area contributed by atoms with E-state index in [1.165, 1.54) is 4.90 Å². The molecule has 1 aliphatic heterocycles. The van der Waals surface area contributed by atoms with E-state index in [0.29, 0.717) is 12.2 Å². The van der Waals surface area contributed by atoms with Crippen molar-refractivity contribution in [3.63, 3.8) is 0 Å². The van der Waals surface area contributed by atoms with Crippen LogP contribution in [-0.2, 0) is 11.2 Å². The van der Waals surface area contributed by atoms with Gasteiger partial charge in [0.1, 0.15) is 17.1 Å². The monoisotopic (exact) mass is 335 g/mol. The lowest BCUT2D eigenvalue weighted by Crippen LogP contribution is -2.41. The van der Waals surface area contributed by atoms with E-state index in [4.69, 9.17) is 4.42 Å². The molecule has 1 aromatic heterocycles. The second-order valence-electron chi connectivity index (χ2n) is 6.10. The van der Waals surface area contributed by atoms with Gasteiger partial charge in [-0.3, -0.25) is 4.79 Å². The molecule has 2 heterocycles. The maximum atomic E-state index is 12.8. The van der Waals surface area contributed by atoms with E-state index in [-0.39, 0.29) is 31.8 Å². The van der Waals surface area contributed by atoms with E-state index in [1.54, 1.807) is 0 Å². The Bertz CT molecular complexity index is 701. The molecule has 0 radical (unpaired) electrons. The summed E-state index contributed by atoms with van der Waals surface area (Å²) in [5.41, 5.74) is -1.11. The van der Waals surface area contributed by atoms with E-state index in [1.807, 2.05) is 42.5 Å². The van der Waals surface area contributed by atoms with Crippen LogP contribution in [0.1, 0.15) is 18.6 Å². The highest BCUT2D eigenvalue weighted by Gasteiger charge is 2.45. The molecular formula is C18H19F2NO3. The SMILES string of the molecule is O=C(CCc1ccc(-c2ccccc2)o1)N1CCC(O)(C(F)F)C1. The summed E-state index contributed by atoms with van der Waals surface area (Å²) in [6.07, 6.45) is -2.36. The van der Waals surface area contributed by atoms with Gasteiger partial charge in [-0.15, -0.1) is 0 Å². The molecule has 1 unspecified atom stereocenters. The normalized spacial score (nSPS) is 20.8. The molecule has 0 aliphatic carbocycles. The second kappa shape index (κ2) is 6.73. The summed E-state index contributed by atoms with van der Waals surface area (Å²) >= 11 is 0. The minimum Gasteiger partial charge on any atom is -0.461 e. The number of alkyl halides is 2. The van der Waals surface area contributed by atoms with Gasteiger partial charge >= 0.3 is 0 Å². The van der Waals surface area contributed by atoms with E-state index in [2.05, 4.69) is 0 Å². The van der Waals surface area contributed by atoms with Crippen LogP contribution >= 0.6 is 0 Å². The molecule has 2 aromatic rings. The molecule has 1 saturated heterocycles. The van der Waals surface area contributed by atoms with Gasteiger partial charge in [0, 0.05) is 31.4 Å². The van der Waals surface area contributed by atoms with Gasteiger partial charge in [-0.05, 0) is 12.1 Å². The van der Waals surface area contributed by atoms with Gasteiger partial charge in [-0.25, -0.2) is 8.78 Å². The number of nitrogens with zero attached hydrogens (tertiary/aromatic N) is 1. The second-order valence-corrected chi connectivity index (χ2v) is 6.10. The van der Waals surface area contributed by atoms with Gasteiger partial charge in [0.15, 0.2) is 0 Å². The summed E-state index contributed by atoms with van der Waals surface area (Å²) in [7, 11) is 0. The maximum Gasteiger partial charge on any atom is 0.268 e. The van der Waals surface area contributed by atoms with E-state index in [0.717, 1.165) is 11.3 Å². The van der Waals surface area contributed by atoms with Gasteiger partial charge < -0.3 is 14.4 Å². The number of amides is 1. The number of furan rings is 1. The number of hydrogen-bond acceptors (Lipinski definition) is 3. The third-order valence-corrected chi connectivity index (χ3v) is 4.34. The van der Waals surface area contributed by atoms with Crippen molar-refractivity contribution in [2.45, 2.75) is 31.3 Å². The Hall–Kier alpha value is -2.21. The number of carbonyl (C=O) groups is 1. The Morgan fingerprint density at radius 1 is 1.25 bits per heavy atom. The van der Waals surface area contributed by atoms with Crippen LogP contribution in [0, 0.1) is 0 Å². The van der Waals surface area contributed by atoms with Crippen molar-refractivity contribution in [1.82, 2.24) is 4.90 Å². The summed E-state index contributed by atoms with van der Waals surface area (Å²) in [5.74, 6) is 1.15. The van der Waals surface area contributed by atoms with Crippen LogP contribution in [0.5, 0.6) is 0 Å². The summed E-state index contributed by atoms with van der Waals surface area (Å²) in [5, 5.41) is 9.74. The molecule has 1 aliphatic rings. The molecule has 1 aromatic carbocycles. The molecule has 1 amide bonds. The van der Waals surface area contributed by atoms with Gasteiger partial charge in [0.25, 0.3) is 6.43 Å². The molecule has 24 heavy (non-hydrogen) atoms. The lowest BCUT2D eigenvalue weighted by Gasteiger charge is -2.22. The van der Waals surface area contributed by atoms with E-state index in [9.17, 15) is 18.7 Å². The summed E-state index contributed by atoms with van der Waals surface area (Å²) < 4.78 is 31.3. The van der Waals surface area contributed by atoms with Crippen LogP contribution in [0.2, 0.25) is 0 Å². The highest BCUT2D eigenvalue weighted by atomic mass is 19.3. The van der Waals surface area contributed by atoms with Gasteiger partial charge in [0.2, 0.25) is 5.91 Å². The Morgan fingerprint density at radius 2 is 2.00 bits per heavy atom. The first-order valence-electron chi connectivity index (χ1n) is 7.90. The van der Waals surface area contributed by atoms with Crippen molar-refractivity contribution in [3.8, 4) is 11.3 Å². The molecule has 1 fully saturated rings. The highest BCUT2D eigenvalue weighted by molar-refractivity contribution is 5.77. The molecule has 128 valence electrons. The minimum atomic E-state index is -2.84. The van der Waals surface area contributed by atoms with Crippen molar-refractivity contribution in [3.05, 3.63) is 48.2 Å². The van der Waals surface area contributed by atoms with Crippen LogP contribution in [-0.4, -0.2) is 41.0 Å². The standard InChI is InChI=1S/C18H19F2NO3/c19-17(20)18(23)10-11-21(12-18)16(22)9-7-14-6-8-15(24-14)13-4-2-1-3-5-13/h1-6,8,17,23H,7,9-12H2. The van der Waals surface area contributed by atoms with Crippen LogP contribution < -0.4 is 0 Å².